The Morgan fingerprint density at radius 2 is 2.11 bits per heavy atom. The van der Waals surface area contributed by atoms with E-state index in [0.29, 0.717) is 6.54 Å². The zero-order valence-electron chi connectivity index (χ0n) is 10.6. The van der Waals surface area contributed by atoms with Crippen molar-refractivity contribution >= 4 is 11.9 Å². The lowest BCUT2D eigenvalue weighted by atomic mass is 10.2. The first-order valence-corrected chi connectivity index (χ1v) is 6.00. The summed E-state index contributed by atoms with van der Waals surface area (Å²) in [5.74, 6) is -1.46. The highest BCUT2D eigenvalue weighted by molar-refractivity contribution is 5.92. The average molecular weight is 265 g/mol. The lowest BCUT2D eigenvalue weighted by Gasteiger charge is -2.20. The second kappa shape index (κ2) is 5.75. The van der Waals surface area contributed by atoms with E-state index in [0.717, 1.165) is 25.6 Å². The fourth-order valence-corrected chi connectivity index (χ4v) is 1.92. The van der Waals surface area contributed by atoms with Crippen LogP contribution in [0, 0.1) is 0 Å². The van der Waals surface area contributed by atoms with Crippen LogP contribution in [-0.4, -0.2) is 58.2 Å². The molecule has 1 aliphatic heterocycles. The molecule has 19 heavy (non-hydrogen) atoms. The zero-order valence-corrected chi connectivity index (χ0v) is 10.6. The van der Waals surface area contributed by atoms with Crippen LogP contribution in [0.1, 0.15) is 33.8 Å². The summed E-state index contributed by atoms with van der Waals surface area (Å²) in [5, 5.41) is 8.70. The van der Waals surface area contributed by atoms with Gasteiger partial charge in [0.15, 0.2) is 5.69 Å². The molecule has 1 aromatic rings. The molecule has 1 aromatic heterocycles. The fourth-order valence-electron chi connectivity index (χ4n) is 1.92. The highest BCUT2D eigenvalue weighted by Crippen LogP contribution is 2.13. The minimum absolute atomic E-state index is 0.0696. The molecule has 2 rings (SSSR count). The third kappa shape index (κ3) is 3.25. The molecule has 0 bridgehead atoms. The molecule has 1 unspecified atom stereocenters. The van der Waals surface area contributed by atoms with Crippen LogP contribution < -0.4 is 0 Å². The van der Waals surface area contributed by atoms with E-state index in [4.69, 9.17) is 9.84 Å². The van der Waals surface area contributed by atoms with Gasteiger partial charge in [-0.25, -0.2) is 14.8 Å². The topological polar surface area (TPSA) is 92.6 Å². The number of rotatable bonds is 4. The third-order valence-corrected chi connectivity index (χ3v) is 2.94. The van der Waals surface area contributed by atoms with E-state index in [2.05, 4.69) is 9.97 Å². The van der Waals surface area contributed by atoms with E-state index in [-0.39, 0.29) is 23.4 Å². The minimum atomic E-state index is -1.17. The van der Waals surface area contributed by atoms with Crippen molar-refractivity contribution in [3.05, 3.63) is 23.8 Å². The van der Waals surface area contributed by atoms with E-state index in [1.165, 1.54) is 11.1 Å². The number of hydrogen-bond donors (Lipinski definition) is 1. The molecule has 1 aliphatic rings. The van der Waals surface area contributed by atoms with Crippen LogP contribution in [0.4, 0.5) is 0 Å². The fraction of sp³-hybridized carbons (Fsp3) is 0.500. The number of carboxylic acids is 1. The summed E-state index contributed by atoms with van der Waals surface area (Å²) >= 11 is 0. The predicted octanol–water partition coefficient (Wildman–Crippen LogP) is 0.426. The largest absolute Gasteiger partial charge is 0.476 e. The van der Waals surface area contributed by atoms with Gasteiger partial charge in [-0.2, -0.15) is 0 Å². The van der Waals surface area contributed by atoms with Crippen LogP contribution in [-0.2, 0) is 4.74 Å². The Labute approximate surface area is 110 Å². The first-order chi connectivity index (χ1) is 9.08. The van der Waals surface area contributed by atoms with Gasteiger partial charge in [-0.05, 0) is 12.8 Å². The maximum absolute atomic E-state index is 12.0. The molecular weight excluding hydrogens is 250 g/mol. The first kappa shape index (κ1) is 13.4. The number of aromatic nitrogens is 2. The van der Waals surface area contributed by atoms with Crippen LogP contribution in [0.15, 0.2) is 12.4 Å². The molecule has 1 atom stereocenters. The number of nitrogens with zero attached hydrogens (tertiary/aromatic N) is 3. The summed E-state index contributed by atoms with van der Waals surface area (Å²) in [5.41, 5.74) is -0.0520. The van der Waals surface area contributed by atoms with E-state index in [1.54, 1.807) is 7.05 Å². The minimum Gasteiger partial charge on any atom is -0.476 e. The Kier molecular flexibility index (Phi) is 4.06. The maximum atomic E-state index is 12.0. The molecule has 1 saturated heterocycles. The van der Waals surface area contributed by atoms with E-state index in [1.807, 2.05) is 0 Å². The summed E-state index contributed by atoms with van der Waals surface area (Å²) in [4.78, 5) is 31.7. The second-order valence-electron chi connectivity index (χ2n) is 4.41. The van der Waals surface area contributed by atoms with E-state index in [9.17, 15) is 9.59 Å². The molecule has 2 heterocycles. The molecular formula is C12H15N3O4. The summed E-state index contributed by atoms with van der Waals surface area (Å²) in [6.07, 6.45) is 4.29. The van der Waals surface area contributed by atoms with Gasteiger partial charge in [-0.3, -0.25) is 4.79 Å². The molecule has 1 N–H and O–H groups in total. The van der Waals surface area contributed by atoms with Crippen molar-refractivity contribution in [2.24, 2.45) is 0 Å². The summed E-state index contributed by atoms with van der Waals surface area (Å²) in [6, 6.07) is 0. The van der Waals surface area contributed by atoms with Crippen molar-refractivity contribution in [2.75, 3.05) is 20.2 Å². The normalized spacial score (nSPS) is 18.3. The number of ether oxygens (including phenoxy) is 1. The molecule has 7 nitrogen and oxygen atoms in total. The van der Waals surface area contributed by atoms with Gasteiger partial charge in [0, 0.05) is 20.2 Å². The number of hydrogen-bond acceptors (Lipinski definition) is 5. The Balaban J connectivity index is 1.99. The van der Waals surface area contributed by atoms with Crippen molar-refractivity contribution < 1.29 is 19.4 Å². The highest BCUT2D eigenvalue weighted by Gasteiger charge is 2.21. The van der Waals surface area contributed by atoms with E-state index < -0.39 is 5.97 Å². The summed E-state index contributed by atoms with van der Waals surface area (Å²) < 4.78 is 5.45. The lowest BCUT2D eigenvalue weighted by molar-refractivity contribution is 0.0581. The van der Waals surface area contributed by atoms with Crippen molar-refractivity contribution in [3.8, 4) is 0 Å². The number of carboxylic acid groups (broad SMARTS) is 1. The Hall–Kier alpha value is -2.02. The molecule has 0 aromatic carbocycles. The van der Waals surface area contributed by atoms with Gasteiger partial charge in [-0.1, -0.05) is 0 Å². The van der Waals surface area contributed by atoms with Gasteiger partial charge in [-0.15, -0.1) is 0 Å². The van der Waals surface area contributed by atoms with Crippen molar-refractivity contribution in [1.82, 2.24) is 14.9 Å². The van der Waals surface area contributed by atoms with Crippen molar-refractivity contribution in [3.63, 3.8) is 0 Å². The van der Waals surface area contributed by atoms with Crippen molar-refractivity contribution in [2.45, 2.75) is 18.9 Å². The monoisotopic (exact) mass is 265 g/mol. The number of carbonyl (C=O) groups is 2. The molecule has 0 saturated carbocycles. The lowest BCUT2D eigenvalue weighted by Crippen LogP contribution is -2.34. The van der Waals surface area contributed by atoms with Gasteiger partial charge < -0.3 is 14.7 Å². The molecule has 0 spiro atoms. The average Bonchev–Trinajstić information content (AvgIpc) is 2.90. The highest BCUT2D eigenvalue weighted by atomic mass is 16.5. The van der Waals surface area contributed by atoms with Gasteiger partial charge in [0.2, 0.25) is 0 Å². The zero-order chi connectivity index (χ0) is 13.8. The van der Waals surface area contributed by atoms with Crippen molar-refractivity contribution in [1.29, 1.82) is 0 Å². The van der Waals surface area contributed by atoms with Crippen LogP contribution in [0.2, 0.25) is 0 Å². The SMILES string of the molecule is CN(CC1CCCO1)C(=O)c1cnc(C(=O)O)cn1. The molecule has 7 heteroatoms. The second-order valence-corrected chi connectivity index (χ2v) is 4.41. The van der Waals surface area contributed by atoms with E-state index >= 15 is 0 Å². The molecule has 102 valence electrons. The van der Waals surface area contributed by atoms with Gasteiger partial charge in [0.05, 0.1) is 18.5 Å². The first-order valence-electron chi connectivity index (χ1n) is 6.00. The van der Waals surface area contributed by atoms with Crippen LogP contribution in [0.5, 0.6) is 0 Å². The third-order valence-electron chi connectivity index (χ3n) is 2.94. The Bertz CT molecular complexity index is 468. The van der Waals surface area contributed by atoms with Crippen LogP contribution >= 0.6 is 0 Å². The smallest absolute Gasteiger partial charge is 0.356 e. The summed E-state index contributed by atoms with van der Waals surface area (Å²) in [6.45, 7) is 1.24. The molecule has 1 fully saturated rings. The van der Waals surface area contributed by atoms with Crippen LogP contribution in [0.3, 0.4) is 0 Å². The number of carbonyl (C=O) groups excluding carboxylic acids is 1. The Morgan fingerprint density at radius 1 is 1.42 bits per heavy atom. The molecule has 1 amide bonds. The molecule has 0 aliphatic carbocycles. The van der Waals surface area contributed by atoms with Gasteiger partial charge in [0.1, 0.15) is 5.69 Å². The van der Waals surface area contributed by atoms with Gasteiger partial charge >= 0.3 is 5.97 Å². The predicted molar refractivity (Wildman–Crippen MR) is 64.9 cm³/mol. The number of amides is 1. The Morgan fingerprint density at radius 3 is 2.63 bits per heavy atom. The molecule has 0 radical (unpaired) electrons. The van der Waals surface area contributed by atoms with Crippen LogP contribution in [0.25, 0.3) is 0 Å². The van der Waals surface area contributed by atoms with Gasteiger partial charge in [0.25, 0.3) is 5.91 Å². The maximum Gasteiger partial charge on any atom is 0.356 e. The standard InChI is InChI=1S/C12H15N3O4/c1-15(7-8-3-2-4-19-8)11(16)9-5-14-10(6-13-9)12(17)18/h5-6,8H,2-4,7H2,1H3,(H,17,18). The summed E-state index contributed by atoms with van der Waals surface area (Å²) in [7, 11) is 1.66. The number of likely N-dealkylation sites (N-methyl/N-ethyl adjacent to an activating group) is 1. The number of aromatic carboxylic acids is 1. The quantitative estimate of drug-likeness (QED) is 0.848.